The van der Waals surface area contributed by atoms with E-state index in [9.17, 15) is 0 Å². The highest BCUT2D eigenvalue weighted by atomic mass is 16.5. The molecule has 3 aromatic carbocycles. The lowest BCUT2D eigenvalue weighted by Crippen LogP contribution is -2.41. The van der Waals surface area contributed by atoms with E-state index in [0.29, 0.717) is 29.6 Å². The minimum Gasteiger partial charge on any atom is -0.456 e. The number of nitrogens with zero attached hydrogens (tertiary/aromatic N) is 1. The standard InChI is InChI=1S/C44H55NO/c1-29(2)36-21-16-22-37(30(3)4)41(36)45-42(44(28-43(45,8)9)27-32(7)23-24-38(44)31(5)6)35-25-39(33-17-12-10-13-18-33)46-40(26-35)34-19-14-11-15-20-34/h10-22,25-26,29-32,38H,23-24,27-28H2,1-9H3/t32-,38+,44-/m1/s1. The van der Waals surface area contributed by atoms with Crippen LogP contribution in [0.1, 0.15) is 122 Å². The Bertz CT molecular complexity index is 1550. The minimum absolute atomic E-state index is 0.0525. The van der Waals surface area contributed by atoms with E-state index in [-0.39, 0.29) is 11.0 Å². The van der Waals surface area contributed by atoms with Gasteiger partial charge in [0.15, 0.2) is 0 Å². The second kappa shape index (κ2) is 12.6. The molecule has 0 bridgehead atoms. The molecule has 242 valence electrons. The number of benzene rings is 3. The van der Waals surface area contributed by atoms with Crippen LogP contribution in [0.4, 0.5) is 5.69 Å². The molecule has 1 aliphatic carbocycles. The smallest absolute Gasteiger partial charge is 0.135 e. The Labute approximate surface area is 279 Å². The summed E-state index contributed by atoms with van der Waals surface area (Å²) in [6.07, 6.45) is 9.71. The van der Waals surface area contributed by atoms with Crippen molar-refractivity contribution in [1.82, 2.24) is 0 Å². The second-order valence-electron chi connectivity index (χ2n) is 16.0. The monoisotopic (exact) mass is 613 g/mol. The Morgan fingerprint density at radius 3 is 1.70 bits per heavy atom. The van der Waals surface area contributed by atoms with Crippen LogP contribution in [0, 0.1) is 23.2 Å². The molecule has 2 aliphatic heterocycles. The Morgan fingerprint density at radius 2 is 1.22 bits per heavy atom. The van der Waals surface area contributed by atoms with Gasteiger partial charge in [0, 0.05) is 39.0 Å². The van der Waals surface area contributed by atoms with Crippen LogP contribution in [0.5, 0.6) is 0 Å². The first kappa shape index (κ1) is 32.4. The molecule has 3 aromatic rings. The normalized spacial score (nSPS) is 24.6. The van der Waals surface area contributed by atoms with Crippen molar-refractivity contribution in [2.24, 2.45) is 23.2 Å². The zero-order valence-corrected chi connectivity index (χ0v) is 29.7. The minimum atomic E-state index is -0.0685. The maximum Gasteiger partial charge on any atom is 0.135 e. The lowest BCUT2D eigenvalue weighted by atomic mass is 9.56. The van der Waals surface area contributed by atoms with E-state index in [1.54, 1.807) is 0 Å². The molecule has 1 spiro atoms. The Balaban J connectivity index is 1.75. The molecular weight excluding hydrogens is 558 g/mol. The van der Waals surface area contributed by atoms with Crippen molar-refractivity contribution in [2.45, 2.75) is 105 Å². The highest BCUT2D eigenvalue weighted by Gasteiger charge is 2.59. The maximum absolute atomic E-state index is 6.81. The van der Waals surface area contributed by atoms with Crippen molar-refractivity contribution in [3.63, 3.8) is 0 Å². The molecule has 0 unspecified atom stereocenters. The van der Waals surface area contributed by atoms with Crippen molar-refractivity contribution >= 4 is 17.2 Å². The molecule has 1 saturated carbocycles. The predicted octanol–water partition coefficient (Wildman–Crippen LogP) is 12.4. The van der Waals surface area contributed by atoms with Crippen LogP contribution < -0.4 is 4.90 Å². The van der Waals surface area contributed by atoms with Crippen LogP contribution in [0.25, 0.3) is 11.5 Å². The summed E-state index contributed by atoms with van der Waals surface area (Å²) < 4.78 is 6.81. The van der Waals surface area contributed by atoms with Gasteiger partial charge in [0.05, 0.1) is 0 Å². The van der Waals surface area contributed by atoms with Gasteiger partial charge < -0.3 is 9.64 Å². The molecule has 0 radical (unpaired) electrons. The third kappa shape index (κ3) is 5.78. The van der Waals surface area contributed by atoms with Gasteiger partial charge in [-0.15, -0.1) is 0 Å². The average molecular weight is 614 g/mol. The molecule has 3 atom stereocenters. The third-order valence-electron chi connectivity index (χ3n) is 11.0. The third-order valence-corrected chi connectivity index (χ3v) is 11.0. The summed E-state index contributed by atoms with van der Waals surface area (Å²) in [5, 5.41) is 0. The molecule has 2 heteroatoms. The average Bonchev–Trinajstić information content (AvgIpc) is 3.26. The van der Waals surface area contributed by atoms with E-state index in [4.69, 9.17) is 4.74 Å². The van der Waals surface area contributed by atoms with Gasteiger partial charge in [-0.25, -0.2) is 0 Å². The second-order valence-corrected chi connectivity index (χ2v) is 16.0. The summed E-state index contributed by atoms with van der Waals surface area (Å²) in [6.45, 7) is 21.9. The molecule has 3 aliphatic rings. The zero-order chi connectivity index (χ0) is 32.8. The number of anilines is 1. The van der Waals surface area contributed by atoms with Gasteiger partial charge in [-0.2, -0.15) is 0 Å². The SMILES string of the molecule is CC(C)c1cccc(C(C)C)c1N1C(=C2C=C(c3ccccc3)OC(c3ccccc3)=C2)[C@]2(C[C@H](C)CC[C@H]2C(C)C)CC1(C)C. The van der Waals surface area contributed by atoms with Gasteiger partial charge in [-0.1, -0.05) is 134 Å². The van der Waals surface area contributed by atoms with Gasteiger partial charge in [-0.3, -0.25) is 0 Å². The number of allylic oxidation sites excluding steroid dienone is 4. The zero-order valence-electron chi connectivity index (χ0n) is 29.7. The first-order valence-corrected chi connectivity index (χ1v) is 17.8. The van der Waals surface area contributed by atoms with E-state index in [2.05, 4.69) is 158 Å². The number of rotatable bonds is 6. The van der Waals surface area contributed by atoms with Gasteiger partial charge >= 0.3 is 0 Å². The summed E-state index contributed by atoms with van der Waals surface area (Å²) in [4.78, 5) is 2.85. The molecular formula is C44H55NO. The van der Waals surface area contributed by atoms with Crippen molar-refractivity contribution in [1.29, 1.82) is 0 Å². The Hall–Kier alpha value is -3.52. The summed E-state index contributed by atoms with van der Waals surface area (Å²) >= 11 is 0. The largest absolute Gasteiger partial charge is 0.456 e. The summed E-state index contributed by atoms with van der Waals surface area (Å²) in [7, 11) is 0. The highest BCUT2D eigenvalue weighted by molar-refractivity contribution is 5.80. The quantitative estimate of drug-likeness (QED) is 0.274. The Morgan fingerprint density at radius 1 is 0.696 bits per heavy atom. The molecule has 6 rings (SSSR count). The van der Waals surface area contributed by atoms with Gasteiger partial charge in [0.25, 0.3) is 0 Å². The van der Waals surface area contributed by atoms with Crippen LogP contribution in [-0.2, 0) is 4.74 Å². The Kier molecular flexibility index (Phi) is 8.87. The van der Waals surface area contributed by atoms with Gasteiger partial charge in [0.2, 0.25) is 0 Å². The van der Waals surface area contributed by atoms with Crippen LogP contribution in [0.3, 0.4) is 0 Å². The van der Waals surface area contributed by atoms with Crippen molar-refractivity contribution in [3.05, 3.63) is 125 Å². The molecule has 46 heavy (non-hydrogen) atoms. The first-order valence-electron chi connectivity index (χ1n) is 17.8. The van der Waals surface area contributed by atoms with E-state index in [1.165, 1.54) is 47.3 Å². The van der Waals surface area contributed by atoms with Crippen LogP contribution in [-0.4, -0.2) is 5.54 Å². The summed E-state index contributed by atoms with van der Waals surface area (Å²) in [5.74, 6) is 4.57. The van der Waals surface area contributed by atoms with Crippen LogP contribution >= 0.6 is 0 Å². The van der Waals surface area contributed by atoms with E-state index >= 15 is 0 Å². The lowest BCUT2D eigenvalue weighted by Gasteiger charge is -2.48. The summed E-state index contributed by atoms with van der Waals surface area (Å²) in [5.41, 5.74) is 9.37. The van der Waals surface area contributed by atoms with Crippen molar-refractivity contribution < 1.29 is 4.74 Å². The number of ether oxygens (including phenoxy) is 1. The summed E-state index contributed by atoms with van der Waals surface area (Å²) in [6, 6.07) is 28.4. The number of hydrogen-bond acceptors (Lipinski definition) is 2. The van der Waals surface area contributed by atoms with Gasteiger partial charge in [-0.05, 0) is 86.0 Å². The molecule has 2 heterocycles. The fourth-order valence-electron chi connectivity index (χ4n) is 9.25. The highest BCUT2D eigenvalue weighted by Crippen LogP contribution is 2.65. The number of para-hydroxylation sites is 1. The maximum atomic E-state index is 6.81. The molecule has 0 aromatic heterocycles. The lowest BCUT2D eigenvalue weighted by molar-refractivity contribution is 0.0634. The van der Waals surface area contributed by atoms with Gasteiger partial charge in [0.1, 0.15) is 11.5 Å². The topological polar surface area (TPSA) is 12.5 Å². The van der Waals surface area contributed by atoms with E-state index < -0.39 is 0 Å². The molecule has 2 nitrogen and oxygen atoms in total. The van der Waals surface area contributed by atoms with Crippen molar-refractivity contribution in [3.8, 4) is 0 Å². The molecule has 0 N–H and O–H groups in total. The van der Waals surface area contributed by atoms with Crippen LogP contribution in [0.15, 0.2) is 102 Å². The predicted molar refractivity (Wildman–Crippen MR) is 197 cm³/mol. The van der Waals surface area contributed by atoms with Crippen LogP contribution in [0.2, 0.25) is 0 Å². The first-order chi connectivity index (χ1) is 21.9. The number of hydrogen-bond donors (Lipinski definition) is 0. The molecule has 0 amide bonds. The fourth-order valence-corrected chi connectivity index (χ4v) is 9.25. The molecule has 1 saturated heterocycles. The van der Waals surface area contributed by atoms with Crippen molar-refractivity contribution in [2.75, 3.05) is 4.90 Å². The molecule has 2 fully saturated rings. The fraction of sp³-hybridized carbons (Fsp3) is 0.455. The van der Waals surface area contributed by atoms with E-state index in [1.807, 2.05) is 0 Å². The van der Waals surface area contributed by atoms with E-state index in [0.717, 1.165) is 29.1 Å².